The van der Waals surface area contributed by atoms with E-state index >= 15 is 0 Å². The third-order valence-corrected chi connectivity index (χ3v) is 6.34. The molecule has 0 aliphatic rings. The zero-order valence-electron chi connectivity index (χ0n) is 16.0. The number of carbonyl (C=O) groups is 2. The number of nitrogens with zero attached hydrogens (tertiary/aromatic N) is 4. The molecule has 0 saturated heterocycles. The Morgan fingerprint density at radius 2 is 1.93 bits per heavy atom. The number of nitrogens with one attached hydrogen (secondary N) is 2. The molecule has 0 bridgehead atoms. The molecule has 1 aromatic carbocycles. The van der Waals surface area contributed by atoms with Crippen LogP contribution in [0.1, 0.15) is 16.4 Å². The van der Waals surface area contributed by atoms with E-state index < -0.39 is 0 Å². The van der Waals surface area contributed by atoms with Crippen LogP contribution in [0, 0.1) is 13.8 Å². The van der Waals surface area contributed by atoms with Crippen LogP contribution in [0.5, 0.6) is 0 Å². The number of rotatable bonds is 7. The Kier molecular flexibility index (Phi) is 6.88. The number of amides is 2. The van der Waals surface area contributed by atoms with Gasteiger partial charge >= 0.3 is 0 Å². The van der Waals surface area contributed by atoms with E-state index in [1.807, 2.05) is 13.8 Å². The molecule has 2 aromatic heterocycles. The molecule has 29 heavy (non-hydrogen) atoms. The molecule has 0 aliphatic heterocycles. The fourth-order valence-corrected chi connectivity index (χ4v) is 4.08. The van der Waals surface area contributed by atoms with Gasteiger partial charge in [-0.3, -0.25) is 9.59 Å². The Morgan fingerprint density at radius 3 is 2.62 bits per heavy atom. The van der Waals surface area contributed by atoms with Crippen molar-refractivity contribution < 1.29 is 9.59 Å². The number of anilines is 2. The Morgan fingerprint density at radius 1 is 1.17 bits per heavy atom. The number of aryl methyl sites for hydroxylation is 2. The predicted molar refractivity (Wildman–Crippen MR) is 116 cm³/mol. The summed E-state index contributed by atoms with van der Waals surface area (Å²) in [6.45, 7) is 3.86. The van der Waals surface area contributed by atoms with Crippen LogP contribution in [0.4, 0.5) is 10.8 Å². The van der Waals surface area contributed by atoms with Crippen LogP contribution >= 0.6 is 34.7 Å². The smallest absolute Gasteiger partial charge is 0.236 e. The Balaban J connectivity index is 1.54. The van der Waals surface area contributed by atoms with E-state index in [4.69, 9.17) is 11.6 Å². The average molecular weight is 451 g/mol. The molecule has 0 aliphatic carbocycles. The van der Waals surface area contributed by atoms with Crippen LogP contribution in [0.2, 0.25) is 5.02 Å². The SMILES string of the molecule is Cc1nc(NC(=O)CSc2nnc(CC(=O)Nc3ccccc3Cl)n2C)sc1C. The summed E-state index contributed by atoms with van der Waals surface area (Å²) >= 11 is 8.73. The van der Waals surface area contributed by atoms with Gasteiger partial charge in [0.05, 0.1) is 28.6 Å². The van der Waals surface area contributed by atoms with Crippen LogP contribution in [0.3, 0.4) is 0 Å². The highest BCUT2D eigenvalue weighted by Crippen LogP contribution is 2.23. The van der Waals surface area contributed by atoms with Crippen LogP contribution in [0.15, 0.2) is 29.4 Å². The minimum absolute atomic E-state index is 0.0408. The fourth-order valence-electron chi connectivity index (χ4n) is 2.34. The van der Waals surface area contributed by atoms with Gasteiger partial charge in [-0.1, -0.05) is 35.5 Å². The van der Waals surface area contributed by atoms with E-state index in [0.717, 1.165) is 10.6 Å². The molecule has 0 saturated carbocycles. The van der Waals surface area contributed by atoms with Gasteiger partial charge < -0.3 is 15.2 Å². The van der Waals surface area contributed by atoms with Gasteiger partial charge in [0.25, 0.3) is 0 Å². The second kappa shape index (κ2) is 9.38. The maximum Gasteiger partial charge on any atom is 0.236 e. The first-order chi connectivity index (χ1) is 13.8. The van der Waals surface area contributed by atoms with E-state index in [1.165, 1.54) is 23.1 Å². The molecule has 152 valence electrons. The van der Waals surface area contributed by atoms with Crippen molar-refractivity contribution in [1.29, 1.82) is 0 Å². The fraction of sp³-hybridized carbons (Fsp3) is 0.278. The number of hydrogen-bond donors (Lipinski definition) is 2. The molecular weight excluding hydrogens is 432 g/mol. The third kappa shape index (κ3) is 5.55. The number of aromatic nitrogens is 4. The molecule has 0 unspecified atom stereocenters. The highest BCUT2D eigenvalue weighted by atomic mass is 35.5. The van der Waals surface area contributed by atoms with Gasteiger partial charge in [0.15, 0.2) is 10.3 Å². The molecule has 0 radical (unpaired) electrons. The molecule has 8 nitrogen and oxygen atoms in total. The molecule has 0 spiro atoms. The number of hydrogen-bond acceptors (Lipinski definition) is 7. The Bertz CT molecular complexity index is 1030. The van der Waals surface area contributed by atoms with Crippen LogP contribution in [-0.4, -0.2) is 37.3 Å². The van der Waals surface area contributed by atoms with Crippen molar-refractivity contribution >= 4 is 57.3 Å². The Labute approximate surface area is 181 Å². The minimum atomic E-state index is -0.252. The molecule has 2 amide bonds. The molecule has 3 rings (SSSR count). The second-order valence-corrected chi connectivity index (χ2v) is 8.71. The average Bonchev–Trinajstić information content (AvgIpc) is 3.17. The number of benzene rings is 1. The van der Waals surface area contributed by atoms with E-state index in [1.54, 1.807) is 35.9 Å². The standard InChI is InChI=1S/C18H19ClN6O2S2/c1-10-11(2)29-17(20-10)22-16(27)9-28-18-24-23-14(25(18)3)8-15(26)21-13-7-5-4-6-12(13)19/h4-7H,8-9H2,1-3H3,(H,21,26)(H,20,22,27). The van der Waals surface area contributed by atoms with Gasteiger partial charge in [0, 0.05) is 11.9 Å². The summed E-state index contributed by atoms with van der Waals surface area (Å²) in [5.41, 5.74) is 1.45. The van der Waals surface area contributed by atoms with Gasteiger partial charge in [-0.25, -0.2) is 4.98 Å². The number of carbonyl (C=O) groups excluding carboxylic acids is 2. The summed E-state index contributed by atoms with van der Waals surface area (Å²) < 4.78 is 1.70. The lowest BCUT2D eigenvalue weighted by Crippen LogP contribution is -2.17. The van der Waals surface area contributed by atoms with Gasteiger partial charge in [0.1, 0.15) is 5.82 Å². The monoisotopic (exact) mass is 450 g/mol. The summed E-state index contributed by atoms with van der Waals surface area (Å²) in [5.74, 6) is 0.223. The van der Waals surface area contributed by atoms with E-state index in [2.05, 4.69) is 25.8 Å². The number of halogens is 1. The lowest BCUT2D eigenvalue weighted by Gasteiger charge is -2.07. The molecular formula is C18H19ClN6O2S2. The van der Waals surface area contributed by atoms with Crippen LogP contribution in [-0.2, 0) is 23.1 Å². The zero-order valence-corrected chi connectivity index (χ0v) is 18.4. The minimum Gasteiger partial charge on any atom is -0.324 e. The predicted octanol–water partition coefficient (Wildman–Crippen LogP) is 3.45. The van der Waals surface area contributed by atoms with Crippen molar-refractivity contribution in [3.8, 4) is 0 Å². The summed E-state index contributed by atoms with van der Waals surface area (Å²) in [7, 11) is 1.76. The van der Waals surface area contributed by atoms with Crippen molar-refractivity contribution in [2.75, 3.05) is 16.4 Å². The van der Waals surface area contributed by atoms with E-state index in [9.17, 15) is 9.59 Å². The first-order valence-electron chi connectivity index (χ1n) is 8.63. The van der Waals surface area contributed by atoms with Crippen molar-refractivity contribution in [1.82, 2.24) is 19.7 Å². The first-order valence-corrected chi connectivity index (χ1v) is 10.8. The van der Waals surface area contributed by atoms with Gasteiger partial charge in [-0.15, -0.1) is 21.5 Å². The molecule has 2 heterocycles. The molecule has 11 heteroatoms. The van der Waals surface area contributed by atoms with Gasteiger partial charge in [-0.05, 0) is 26.0 Å². The number of para-hydroxylation sites is 1. The van der Waals surface area contributed by atoms with Crippen molar-refractivity contribution in [2.24, 2.45) is 7.05 Å². The largest absolute Gasteiger partial charge is 0.324 e. The van der Waals surface area contributed by atoms with Crippen LogP contribution < -0.4 is 10.6 Å². The maximum atomic E-state index is 12.3. The summed E-state index contributed by atoms with van der Waals surface area (Å²) in [4.78, 5) is 29.8. The van der Waals surface area contributed by atoms with Gasteiger partial charge in [-0.2, -0.15) is 0 Å². The molecule has 3 aromatic rings. The number of thiazole rings is 1. The molecule has 0 fully saturated rings. The summed E-state index contributed by atoms with van der Waals surface area (Å²) in [6, 6.07) is 7.00. The zero-order chi connectivity index (χ0) is 21.0. The number of thioether (sulfide) groups is 1. The quantitative estimate of drug-likeness (QED) is 0.534. The second-order valence-electron chi connectivity index (χ2n) is 6.16. The van der Waals surface area contributed by atoms with Crippen molar-refractivity contribution in [3.05, 3.63) is 45.7 Å². The lowest BCUT2D eigenvalue weighted by molar-refractivity contribution is -0.116. The van der Waals surface area contributed by atoms with Crippen molar-refractivity contribution in [3.63, 3.8) is 0 Å². The third-order valence-electron chi connectivity index (χ3n) is 4.00. The highest BCUT2D eigenvalue weighted by molar-refractivity contribution is 7.99. The van der Waals surface area contributed by atoms with E-state index in [-0.39, 0.29) is 24.0 Å². The van der Waals surface area contributed by atoms with E-state index in [0.29, 0.717) is 26.8 Å². The first kappa shape index (κ1) is 21.3. The van der Waals surface area contributed by atoms with Crippen molar-refractivity contribution in [2.45, 2.75) is 25.4 Å². The summed E-state index contributed by atoms with van der Waals surface area (Å²) in [5, 5.41) is 15.2. The summed E-state index contributed by atoms with van der Waals surface area (Å²) in [6.07, 6.45) is 0.0408. The molecule has 2 N–H and O–H groups in total. The van der Waals surface area contributed by atoms with Crippen LogP contribution in [0.25, 0.3) is 0 Å². The van der Waals surface area contributed by atoms with Gasteiger partial charge in [0.2, 0.25) is 11.8 Å². The lowest BCUT2D eigenvalue weighted by atomic mass is 10.3. The maximum absolute atomic E-state index is 12.3. The molecule has 0 atom stereocenters. The topological polar surface area (TPSA) is 102 Å². The Hall–Kier alpha value is -2.43. The highest BCUT2D eigenvalue weighted by Gasteiger charge is 2.16. The normalized spacial score (nSPS) is 10.8.